The van der Waals surface area contributed by atoms with Gasteiger partial charge >= 0.3 is 5.97 Å². The SMILES string of the molecule is CCOc1cc(/C=C(\Sc2nnc(CC)o2)C(=O)O)ccc1OCc1c(C)cc(C)cc1C. The number of carboxylic acids is 1. The van der Waals surface area contributed by atoms with Crippen LogP contribution >= 0.6 is 11.8 Å². The predicted molar refractivity (Wildman–Crippen MR) is 128 cm³/mol. The van der Waals surface area contributed by atoms with E-state index >= 15 is 0 Å². The van der Waals surface area contributed by atoms with Crippen LogP contribution in [0.4, 0.5) is 0 Å². The molecule has 0 bridgehead atoms. The summed E-state index contributed by atoms with van der Waals surface area (Å²) in [6.45, 7) is 10.9. The van der Waals surface area contributed by atoms with E-state index in [1.807, 2.05) is 13.8 Å². The lowest BCUT2D eigenvalue weighted by atomic mass is 10.0. The van der Waals surface area contributed by atoms with Gasteiger partial charge < -0.3 is 19.0 Å². The number of aromatic nitrogens is 2. The van der Waals surface area contributed by atoms with E-state index in [1.54, 1.807) is 24.3 Å². The number of aryl methyl sites for hydroxylation is 4. The van der Waals surface area contributed by atoms with E-state index in [1.165, 1.54) is 16.7 Å². The van der Waals surface area contributed by atoms with Crippen molar-refractivity contribution < 1.29 is 23.8 Å². The number of ether oxygens (including phenoxy) is 2. The van der Waals surface area contributed by atoms with Crippen molar-refractivity contribution >= 4 is 23.8 Å². The molecule has 0 aliphatic carbocycles. The largest absolute Gasteiger partial charge is 0.490 e. The van der Waals surface area contributed by atoms with Crippen LogP contribution in [0.2, 0.25) is 0 Å². The maximum absolute atomic E-state index is 11.8. The summed E-state index contributed by atoms with van der Waals surface area (Å²) in [4.78, 5) is 11.8. The molecule has 1 aromatic heterocycles. The molecule has 1 heterocycles. The molecule has 8 heteroatoms. The van der Waals surface area contributed by atoms with Gasteiger partial charge in [-0.25, -0.2) is 4.79 Å². The Morgan fingerprint density at radius 3 is 2.39 bits per heavy atom. The minimum atomic E-state index is -1.08. The van der Waals surface area contributed by atoms with Gasteiger partial charge in [0.15, 0.2) is 11.5 Å². The molecule has 0 aliphatic rings. The van der Waals surface area contributed by atoms with Crippen LogP contribution in [0.25, 0.3) is 6.08 Å². The zero-order valence-corrected chi connectivity index (χ0v) is 20.3. The Labute approximate surface area is 197 Å². The molecular weight excluding hydrogens is 440 g/mol. The first-order valence-corrected chi connectivity index (χ1v) is 11.5. The van der Waals surface area contributed by atoms with Crippen LogP contribution in [0.1, 0.15) is 47.6 Å². The molecule has 0 saturated carbocycles. The van der Waals surface area contributed by atoms with Crippen molar-refractivity contribution in [1.29, 1.82) is 0 Å². The number of thioether (sulfide) groups is 1. The highest BCUT2D eigenvalue weighted by Crippen LogP contribution is 2.33. The predicted octanol–water partition coefficient (Wildman–Crippen LogP) is 5.75. The van der Waals surface area contributed by atoms with E-state index in [0.29, 0.717) is 42.6 Å². The van der Waals surface area contributed by atoms with Crippen LogP contribution in [0.3, 0.4) is 0 Å². The maximum Gasteiger partial charge on any atom is 0.342 e. The van der Waals surface area contributed by atoms with Crippen molar-refractivity contribution in [1.82, 2.24) is 10.2 Å². The van der Waals surface area contributed by atoms with Crippen molar-refractivity contribution in [3.05, 3.63) is 68.9 Å². The third kappa shape index (κ3) is 6.38. The topological polar surface area (TPSA) is 94.7 Å². The zero-order chi connectivity index (χ0) is 24.0. The minimum Gasteiger partial charge on any atom is -0.490 e. The van der Waals surface area contributed by atoms with E-state index in [2.05, 4.69) is 43.1 Å². The summed E-state index contributed by atoms with van der Waals surface area (Å²) in [5.74, 6) is 0.526. The van der Waals surface area contributed by atoms with Gasteiger partial charge in [-0.1, -0.05) is 30.7 Å². The molecule has 3 aromatic rings. The molecule has 7 nitrogen and oxygen atoms in total. The quantitative estimate of drug-likeness (QED) is 0.297. The number of aliphatic carboxylic acids is 1. The third-order valence-electron chi connectivity index (χ3n) is 4.94. The van der Waals surface area contributed by atoms with E-state index in [4.69, 9.17) is 13.9 Å². The van der Waals surface area contributed by atoms with Gasteiger partial charge in [0, 0.05) is 6.42 Å². The smallest absolute Gasteiger partial charge is 0.342 e. The fraction of sp³-hybridized carbons (Fsp3) is 0.320. The van der Waals surface area contributed by atoms with Gasteiger partial charge in [0.25, 0.3) is 5.22 Å². The number of benzene rings is 2. The molecule has 33 heavy (non-hydrogen) atoms. The summed E-state index contributed by atoms with van der Waals surface area (Å²) in [5.41, 5.74) is 5.38. The Balaban J connectivity index is 1.84. The lowest BCUT2D eigenvalue weighted by Gasteiger charge is -2.16. The van der Waals surface area contributed by atoms with Crippen molar-refractivity contribution in [2.45, 2.75) is 52.9 Å². The molecule has 0 aliphatic heterocycles. The summed E-state index contributed by atoms with van der Waals surface area (Å²) in [6, 6.07) is 9.63. The number of nitrogens with zero attached hydrogens (tertiary/aromatic N) is 2. The average molecular weight is 469 g/mol. The Kier molecular flexibility index (Phi) is 8.16. The molecule has 3 rings (SSSR count). The standard InChI is InChI=1S/C25H28N2O5S/c1-6-23-26-27-25(32-23)33-22(24(28)29)13-18-8-9-20(21(12-18)30-7-2)31-14-19-16(4)10-15(3)11-17(19)5/h8-13H,6-7,14H2,1-5H3,(H,28,29)/b22-13-. The Bertz CT molecular complexity index is 1150. The number of carboxylic acid groups (broad SMARTS) is 1. The lowest BCUT2D eigenvalue weighted by Crippen LogP contribution is -2.03. The molecule has 0 radical (unpaired) electrons. The van der Waals surface area contributed by atoms with Crippen LogP contribution in [0, 0.1) is 20.8 Å². The Morgan fingerprint density at radius 2 is 1.79 bits per heavy atom. The molecule has 0 unspecified atom stereocenters. The van der Waals surface area contributed by atoms with Gasteiger partial charge in [0.2, 0.25) is 5.89 Å². The number of hydrogen-bond acceptors (Lipinski definition) is 7. The van der Waals surface area contributed by atoms with Gasteiger partial charge in [-0.3, -0.25) is 0 Å². The molecule has 2 aromatic carbocycles. The van der Waals surface area contributed by atoms with E-state index in [9.17, 15) is 9.90 Å². The van der Waals surface area contributed by atoms with E-state index < -0.39 is 5.97 Å². The molecular formula is C25H28N2O5S. The normalized spacial score (nSPS) is 11.5. The summed E-state index contributed by atoms with van der Waals surface area (Å²) in [6.07, 6.45) is 2.13. The van der Waals surface area contributed by atoms with E-state index in [-0.39, 0.29) is 10.1 Å². The highest BCUT2D eigenvalue weighted by molar-refractivity contribution is 8.03. The summed E-state index contributed by atoms with van der Waals surface area (Å²) in [5, 5.41) is 17.6. The van der Waals surface area contributed by atoms with Crippen LogP contribution in [0.15, 0.2) is 44.9 Å². The molecule has 0 saturated heterocycles. The molecule has 174 valence electrons. The van der Waals surface area contributed by atoms with Crippen LogP contribution in [-0.4, -0.2) is 27.9 Å². The lowest BCUT2D eigenvalue weighted by molar-refractivity contribution is -0.131. The number of hydrogen-bond donors (Lipinski definition) is 1. The first-order valence-electron chi connectivity index (χ1n) is 10.7. The van der Waals surface area contributed by atoms with Gasteiger partial charge in [0.05, 0.1) is 6.61 Å². The second kappa shape index (κ2) is 11.0. The zero-order valence-electron chi connectivity index (χ0n) is 19.5. The van der Waals surface area contributed by atoms with Gasteiger partial charge in [-0.15, -0.1) is 10.2 Å². The Hall–Kier alpha value is -3.26. The van der Waals surface area contributed by atoms with Crippen molar-refractivity contribution in [3.8, 4) is 11.5 Å². The third-order valence-corrected chi connectivity index (χ3v) is 5.79. The van der Waals surface area contributed by atoms with Crippen LogP contribution in [0.5, 0.6) is 11.5 Å². The summed E-state index contributed by atoms with van der Waals surface area (Å²) in [7, 11) is 0. The van der Waals surface area contributed by atoms with E-state index in [0.717, 1.165) is 17.3 Å². The number of carbonyl (C=O) groups is 1. The fourth-order valence-corrected chi connectivity index (χ4v) is 4.08. The summed E-state index contributed by atoms with van der Waals surface area (Å²) < 4.78 is 17.3. The number of rotatable bonds is 10. The van der Waals surface area contributed by atoms with Crippen LogP contribution in [-0.2, 0) is 17.8 Å². The van der Waals surface area contributed by atoms with Crippen molar-refractivity contribution in [2.24, 2.45) is 0 Å². The first kappa shape index (κ1) is 24.4. The van der Waals surface area contributed by atoms with Gasteiger partial charge in [-0.05, 0) is 79.9 Å². The minimum absolute atomic E-state index is 0.0586. The Morgan fingerprint density at radius 1 is 1.06 bits per heavy atom. The van der Waals surface area contributed by atoms with Crippen molar-refractivity contribution in [2.75, 3.05) is 6.61 Å². The fourth-order valence-electron chi connectivity index (χ4n) is 3.39. The summed E-state index contributed by atoms with van der Waals surface area (Å²) >= 11 is 0.912. The monoisotopic (exact) mass is 468 g/mol. The second-order valence-corrected chi connectivity index (χ2v) is 8.53. The highest BCUT2D eigenvalue weighted by atomic mass is 32.2. The molecule has 0 fully saturated rings. The first-order chi connectivity index (χ1) is 15.8. The molecule has 1 N–H and O–H groups in total. The van der Waals surface area contributed by atoms with Crippen molar-refractivity contribution in [3.63, 3.8) is 0 Å². The highest BCUT2D eigenvalue weighted by Gasteiger charge is 2.16. The molecule has 0 spiro atoms. The van der Waals surface area contributed by atoms with Crippen LogP contribution < -0.4 is 9.47 Å². The molecule has 0 atom stereocenters. The van der Waals surface area contributed by atoms with Gasteiger partial charge in [-0.2, -0.15) is 0 Å². The van der Waals surface area contributed by atoms with Gasteiger partial charge in [0.1, 0.15) is 11.5 Å². The average Bonchev–Trinajstić information content (AvgIpc) is 3.21. The molecule has 0 amide bonds. The maximum atomic E-state index is 11.8. The second-order valence-electron chi connectivity index (χ2n) is 7.54.